The molecule has 3 heteroatoms. The molecule has 4 aromatic carbocycles. The van der Waals surface area contributed by atoms with Gasteiger partial charge in [-0.2, -0.15) is 0 Å². The molecule has 0 aromatic heterocycles. The van der Waals surface area contributed by atoms with Crippen LogP contribution >= 0.6 is 12.2 Å². The van der Waals surface area contributed by atoms with Crippen LogP contribution in [-0.4, -0.2) is 5.24 Å². The molecule has 0 unspecified atom stereocenters. The third-order valence-electron chi connectivity index (χ3n) is 4.42. The molecule has 114 valence electrons. The lowest BCUT2D eigenvalue weighted by atomic mass is 9.92. The molecule has 0 aliphatic carbocycles. The molecule has 0 atom stereocenters. The summed E-state index contributed by atoms with van der Waals surface area (Å²) in [5, 5.41) is 4.69. The summed E-state index contributed by atoms with van der Waals surface area (Å²) in [6.45, 7) is 0. The van der Waals surface area contributed by atoms with Gasteiger partial charge in [0.2, 0.25) is 0 Å². The van der Waals surface area contributed by atoms with E-state index in [-0.39, 0.29) is 5.24 Å². The summed E-state index contributed by atoms with van der Waals surface area (Å²) in [5.74, 6) is 1.46. The van der Waals surface area contributed by atoms with Crippen LogP contribution < -0.4 is 9.47 Å². The van der Waals surface area contributed by atoms with Crippen LogP contribution in [0.25, 0.3) is 32.7 Å². The van der Waals surface area contributed by atoms with Crippen LogP contribution in [-0.2, 0) is 0 Å². The van der Waals surface area contributed by atoms with Gasteiger partial charge in [0.25, 0.3) is 0 Å². The Bertz CT molecular complexity index is 1040. The van der Waals surface area contributed by atoms with Crippen molar-refractivity contribution in [1.29, 1.82) is 0 Å². The molecule has 0 spiro atoms. The van der Waals surface area contributed by atoms with Gasteiger partial charge in [0, 0.05) is 23.3 Å². The highest BCUT2D eigenvalue weighted by atomic mass is 32.1. The van der Waals surface area contributed by atoms with Gasteiger partial charge >= 0.3 is 5.24 Å². The zero-order valence-electron chi connectivity index (χ0n) is 12.7. The Labute approximate surface area is 144 Å². The number of thiocarbonyl (C=S) groups is 1. The Morgan fingerprint density at radius 2 is 1.00 bits per heavy atom. The maximum atomic E-state index is 5.81. The van der Waals surface area contributed by atoms with Gasteiger partial charge in [-0.25, -0.2) is 0 Å². The molecule has 1 heterocycles. The van der Waals surface area contributed by atoms with Gasteiger partial charge in [0.1, 0.15) is 11.5 Å². The van der Waals surface area contributed by atoms with Crippen molar-refractivity contribution in [3.63, 3.8) is 0 Å². The average molecular weight is 328 g/mol. The summed E-state index contributed by atoms with van der Waals surface area (Å²) >= 11 is 5.25. The highest BCUT2D eigenvalue weighted by Gasteiger charge is 2.23. The van der Waals surface area contributed by atoms with Crippen molar-refractivity contribution >= 4 is 39.0 Å². The number of hydrogen-bond donors (Lipinski definition) is 0. The molecule has 0 radical (unpaired) electrons. The third-order valence-corrected chi connectivity index (χ3v) is 4.58. The first-order chi connectivity index (χ1) is 11.8. The summed E-state index contributed by atoms with van der Waals surface area (Å²) in [7, 11) is 0. The lowest BCUT2D eigenvalue weighted by molar-refractivity contribution is 0.412. The van der Waals surface area contributed by atoms with E-state index in [4.69, 9.17) is 21.7 Å². The highest BCUT2D eigenvalue weighted by Crippen LogP contribution is 2.47. The molecule has 0 N–H and O–H groups in total. The van der Waals surface area contributed by atoms with Crippen molar-refractivity contribution in [3.05, 3.63) is 72.8 Å². The minimum absolute atomic E-state index is 0.126. The Morgan fingerprint density at radius 3 is 1.50 bits per heavy atom. The van der Waals surface area contributed by atoms with Crippen LogP contribution in [0.5, 0.6) is 11.5 Å². The number of fused-ring (bicyclic) bond motifs is 7. The predicted molar refractivity (Wildman–Crippen MR) is 101 cm³/mol. The Morgan fingerprint density at radius 1 is 0.542 bits per heavy atom. The van der Waals surface area contributed by atoms with Crippen molar-refractivity contribution in [2.75, 3.05) is 0 Å². The Kier molecular flexibility index (Phi) is 2.84. The first kappa shape index (κ1) is 13.5. The van der Waals surface area contributed by atoms with Crippen molar-refractivity contribution in [1.82, 2.24) is 0 Å². The molecule has 5 rings (SSSR count). The van der Waals surface area contributed by atoms with E-state index in [0.29, 0.717) is 0 Å². The molecule has 2 nitrogen and oxygen atoms in total. The first-order valence-electron chi connectivity index (χ1n) is 7.75. The van der Waals surface area contributed by atoms with Gasteiger partial charge in [-0.05, 0) is 33.7 Å². The third kappa shape index (κ3) is 1.92. The molecule has 0 amide bonds. The van der Waals surface area contributed by atoms with Gasteiger partial charge in [-0.3, -0.25) is 0 Å². The van der Waals surface area contributed by atoms with Gasteiger partial charge in [0.05, 0.1) is 0 Å². The van der Waals surface area contributed by atoms with Gasteiger partial charge < -0.3 is 9.47 Å². The normalized spacial score (nSPS) is 12.9. The molecule has 0 bridgehead atoms. The predicted octanol–water partition coefficient (Wildman–Crippen LogP) is 5.72. The molecule has 0 saturated heterocycles. The van der Waals surface area contributed by atoms with E-state index in [2.05, 4.69) is 24.3 Å². The molecule has 0 fully saturated rings. The quantitative estimate of drug-likeness (QED) is 0.385. The molecular weight excluding hydrogens is 316 g/mol. The second-order valence-corrected chi connectivity index (χ2v) is 6.11. The van der Waals surface area contributed by atoms with Gasteiger partial charge in [-0.15, -0.1) is 0 Å². The molecular formula is C21H12O2S. The molecule has 4 aromatic rings. The zero-order valence-corrected chi connectivity index (χ0v) is 13.5. The van der Waals surface area contributed by atoms with Gasteiger partial charge in [-0.1, -0.05) is 60.7 Å². The monoisotopic (exact) mass is 328 g/mol. The minimum Gasteiger partial charge on any atom is -0.417 e. The maximum Gasteiger partial charge on any atom is 0.363 e. The van der Waals surface area contributed by atoms with Crippen LogP contribution in [0.4, 0.5) is 0 Å². The largest absolute Gasteiger partial charge is 0.417 e. The molecule has 24 heavy (non-hydrogen) atoms. The molecule has 1 aliphatic heterocycles. The smallest absolute Gasteiger partial charge is 0.363 e. The van der Waals surface area contributed by atoms with Crippen molar-refractivity contribution in [3.8, 4) is 22.6 Å². The number of hydrogen-bond acceptors (Lipinski definition) is 3. The summed E-state index contributed by atoms with van der Waals surface area (Å²) < 4.78 is 11.6. The van der Waals surface area contributed by atoms with Crippen molar-refractivity contribution in [2.45, 2.75) is 0 Å². The van der Waals surface area contributed by atoms with E-state index < -0.39 is 0 Å². The van der Waals surface area contributed by atoms with E-state index in [1.165, 1.54) is 0 Å². The fourth-order valence-electron chi connectivity index (χ4n) is 3.39. The fraction of sp³-hybridized carbons (Fsp3) is 0. The lowest BCUT2D eigenvalue weighted by Crippen LogP contribution is -2.11. The van der Waals surface area contributed by atoms with Crippen LogP contribution in [0.2, 0.25) is 0 Å². The van der Waals surface area contributed by atoms with Crippen LogP contribution in [0.3, 0.4) is 0 Å². The van der Waals surface area contributed by atoms with E-state index in [1.54, 1.807) is 0 Å². The summed E-state index contributed by atoms with van der Waals surface area (Å²) in [6.07, 6.45) is 0. The molecule has 0 saturated carbocycles. The van der Waals surface area contributed by atoms with E-state index in [9.17, 15) is 0 Å². The van der Waals surface area contributed by atoms with E-state index in [0.717, 1.165) is 44.2 Å². The average Bonchev–Trinajstić information content (AvgIpc) is 2.77. The minimum atomic E-state index is 0.126. The van der Waals surface area contributed by atoms with Gasteiger partial charge in [0.15, 0.2) is 0 Å². The van der Waals surface area contributed by atoms with Crippen LogP contribution in [0, 0.1) is 0 Å². The second-order valence-electron chi connectivity index (χ2n) is 5.77. The zero-order chi connectivity index (χ0) is 16.1. The standard InChI is InChI=1S/C21H12O2S/c24-21-22-17-11-9-13-5-1-3-7-15(13)19(17)20-16-8-4-2-6-14(16)10-12-18(20)23-21/h1-12H. The number of benzene rings is 4. The lowest BCUT2D eigenvalue weighted by Gasteiger charge is -2.13. The van der Waals surface area contributed by atoms with Crippen molar-refractivity contribution < 1.29 is 9.47 Å². The maximum absolute atomic E-state index is 5.81. The van der Waals surface area contributed by atoms with E-state index in [1.807, 2.05) is 48.5 Å². The van der Waals surface area contributed by atoms with E-state index >= 15 is 0 Å². The summed E-state index contributed by atoms with van der Waals surface area (Å²) in [6, 6.07) is 24.6. The topological polar surface area (TPSA) is 18.5 Å². The summed E-state index contributed by atoms with van der Waals surface area (Å²) in [5.41, 5.74) is 2.06. The van der Waals surface area contributed by atoms with Crippen LogP contribution in [0.15, 0.2) is 72.8 Å². The molecule has 1 aliphatic rings. The first-order valence-corrected chi connectivity index (χ1v) is 8.15. The summed E-state index contributed by atoms with van der Waals surface area (Å²) in [4.78, 5) is 0. The van der Waals surface area contributed by atoms with Crippen LogP contribution in [0.1, 0.15) is 0 Å². The fourth-order valence-corrected chi connectivity index (χ4v) is 3.57. The number of ether oxygens (including phenoxy) is 2. The number of rotatable bonds is 0. The Balaban J connectivity index is 2.02. The SMILES string of the molecule is S=C1Oc2ccc3ccccc3c2-c2c(ccc3ccccc23)O1. The highest BCUT2D eigenvalue weighted by molar-refractivity contribution is 7.79. The Hall–Kier alpha value is -2.91. The van der Waals surface area contributed by atoms with Crippen molar-refractivity contribution in [2.24, 2.45) is 0 Å². The second kappa shape index (κ2) is 5.05.